The van der Waals surface area contributed by atoms with Gasteiger partial charge in [0.25, 0.3) is 0 Å². The highest BCUT2D eigenvalue weighted by molar-refractivity contribution is 5.27. The molecule has 0 aromatic heterocycles. The standard InChI is InChI=1S/C18H27NO3/c1-21-16-4-2-15(3-5-16)12-17-13-18(14-22-17)6-8-19(9-7-18)10-11-20/h2-5,17,20H,6-14H2,1H3. The molecule has 1 aromatic carbocycles. The molecule has 4 heteroatoms. The van der Waals surface area contributed by atoms with Gasteiger partial charge in [0.1, 0.15) is 5.75 Å². The Morgan fingerprint density at radius 3 is 2.64 bits per heavy atom. The van der Waals surface area contributed by atoms with E-state index in [0.29, 0.717) is 11.5 Å². The van der Waals surface area contributed by atoms with Gasteiger partial charge in [-0.05, 0) is 61.9 Å². The van der Waals surface area contributed by atoms with E-state index in [2.05, 4.69) is 17.0 Å². The van der Waals surface area contributed by atoms with Crippen molar-refractivity contribution in [2.24, 2.45) is 5.41 Å². The van der Waals surface area contributed by atoms with Crippen LogP contribution in [0.25, 0.3) is 0 Å². The molecule has 2 heterocycles. The lowest BCUT2D eigenvalue weighted by molar-refractivity contribution is 0.0600. The van der Waals surface area contributed by atoms with E-state index < -0.39 is 0 Å². The maximum atomic E-state index is 9.04. The van der Waals surface area contributed by atoms with Gasteiger partial charge >= 0.3 is 0 Å². The number of aliphatic hydroxyl groups is 1. The van der Waals surface area contributed by atoms with Crippen molar-refractivity contribution in [2.75, 3.05) is 40.0 Å². The molecule has 1 aromatic rings. The molecule has 1 N–H and O–H groups in total. The fourth-order valence-corrected chi connectivity index (χ4v) is 3.79. The van der Waals surface area contributed by atoms with Crippen molar-refractivity contribution in [3.8, 4) is 5.75 Å². The number of aliphatic hydroxyl groups excluding tert-OH is 1. The number of likely N-dealkylation sites (tertiary alicyclic amines) is 1. The third-order valence-electron chi connectivity index (χ3n) is 5.24. The van der Waals surface area contributed by atoms with Crippen LogP contribution in [-0.4, -0.2) is 56.1 Å². The smallest absolute Gasteiger partial charge is 0.118 e. The molecule has 1 spiro atoms. The zero-order valence-corrected chi connectivity index (χ0v) is 13.5. The van der Waals surface area contributed by atoms with Gasteiger partial charge < -0.3 is 19.5 Å². The number of rotatable bonds is 5. The van der Waals surface area contributed by atoms with Gasteiger partial charge in [0.15, 0.2) is 0 Å². The predicted octanol–water partition coefficient (Wildman–Crippen LogP) is 2.10. The first-order valence-electron chi connectivity index (χ1n) is 8.31. The topological polar surface area (TPSA) is 41.9 Å². The SMILES string of the molecule is COc1ccc(CC2CC3(CCN(CCO)CC3)CO2)cc1. The first-order valence-corrected chi connectivity index (χ1v) is 8.31. The number of hydrogen-bond acceptors (Lipinski definition) is 4. The summed E-state index contributed by atoms with van der Waals surface area (Å²) < 4.78 is 11.3. The molecule has 2 saturated heterocycles. The van der Waals surface area contributed by atoms with Crippen molar-refractivity contribution in [3.05, 3.63) is 29.8 Å². The summed E-state index contributed by atoms with van der Waals surface area (Å²) in [4.78, 5) is 2.36. The van der Waals surface area contributed by atoms with E-state index in [4.69, 9.17) is 14.6 Å². The number of benzene rings is 1. The molecule has 122 valence electrons. The van der Waals surface area contributed by atoms with Gasteiger partial charge in [-0.2, -0.15) is 0 Å². The fourth-order valence-electron chi connectivity index (χ4n) is 3.79. The van der Waals surface area contributed by atoms with E-state index in [1.807, 2.05) is 12.1 Å². The molecule has 22 heavy (non-hydrogen) atoms. The van der Waals surface area contributed by atoms with Crippen LogP contribution in [0.1, 0.15) is 24.8 Å². The molecule has 1 unspecified atom stereocenters. The van der Waals surface area contributed by atoms with Crippen molar-refractivity contribution in [1.29, 1.82) is 0 Å². The Labute approximate surface area is 133 Å². The number of methoxy groups -OCH3 is 1. The molecule has 2 aliphatic heterocycles. The summed E-state index contributed by atoms with van der Waals surface area (Å²) in [6.45, 7) is 4.18. The first kappa shape index (κ1) is 15.8. The van der Waals surface area contributed by atoms with E-state index in [9.17, 15) is 0 Å². The third-order valence-corrected chi connectivity index (χ3v) is 5.24. The second-order valence-electron chi connectivity index (χ2n) is 6.75. The molecule has 0 aliphatic carbocycles. The highest BCUT2D eigenvalue weighted by atomic mass is 16.5. The van der Waals surface area contributed by atoms with E-state index in [0.717, 1.165) is 38.4 Å². The molecule has 0 saturated carbocycles. The number of nitrogens with zero attached hydrogens (tertiary/aromatic N) is 1. The van der Waals surface area contributed by atoms with Gasteiger partial charge in [-0.1, -0.05) is 12.1 Å². The summed E-state index contributed by atoms with van der Waals surface area (Å²) in [5, 5.41) is 9.04. The molecular weight excluding hydrogens is 278 g/mol. The molecular formula is C18H27NO3. The number of ether oxygens (including phenoxy) is 2. The molecule has 1 atom stereocenters. The van der Waals surface area contributed by atoms with Crippen LogP contribution in [-0.2, 0) is 11.2 Å². The minimum Gasteiger partial charge on any atom is -0.497 e. The lowest BCUT2D eigenvalue weighted by Crippen LogP contribution is -2.41. The number of piperidine rings is 1. The highest BCUT2D eigenvalue weighted by Gasteiger charge is 2.42. The van der Waals surface area contributed by atoms with Gasteiger partial charge in [0.05, 0.1) is 26.4 Å². The summed E-state index contributed by atoms with van der Waals surface area (Å²) >= 11 is 0. The van der Waals surface area contributed by atoms with Crippen LogP contribution in [0.5, 0.6) is 5.75 Å². The Bertz CT molecular complexity index is 466. The summed E-state index contributed by atoms with van der Waals surface area (Å²) in [5.41, 5.74) is 1.70. The van der Waals surface area contributed by atoms with Crippen molar-refractivity contribution >= 4 is 0 Å². The molecule has 4 nitrogen and oxygen atoms in total. The molecule has 0 bridgehead atoms. The summed E-state index contributed by atoms with van der Waals surface area (Å²) in [6, 6.07) is 8.31. The van der Waals surface area contributed by atoms with E-state index in [1.165, 1.54) is 24.8 Å². The lowest BCUT2D eigenvalue weighted by atomic mass is 9.76. The predicted molar refractivity (Wildman–Crippen MR) is 86.2 cm³/mol. The Balaban J connectivity index is 1.51. The van der Waals surface area contributed by atoms with Crippen LogP contribution >= 0.6 is 0 Å². The van der Waals surface area contributed by atoms with Gasteiger partial charge in [-0.3, -0.25) is 0 Å². The Morgan fingerprint density at radius 2 is 2.00 bits per heavy atom. The zero-order valence-electron chi connectivity index (χ0n) is 13.5. The summed E-state index contributed by atoms with van der Waals surface area (Å²) in [6.07, 6.45) is 4.91. The van der Waals surface area contributed by atoms with Gasteiger partial charge in [0.2, 0.25) is 0 Å². The Kier molecular flexibility index (Phi) is 5.01. The van der Waals surface area contributed by atoms with Crippen molar-refractivity contribution < 1.29 is 14.6 Å². The van der Waals surface area contributed by atoms with Crippen molar-refractivity contribution in [1.82, 2.24) is 4.90 Å². The van der Waals surface area contributed by atoms with E-state index in [-0.39, 0.29) is 6.61 Å². The maximum absolute atomic E-state index is 9.04. The Morgan fingerprint density at radius 1 is 1.27 bits per heavy atom. The molecule has 0 radical (unpaired) electrons. The summed E-state index contributed by atoms with van der Waals surface area (Å²) in [7, 11) is 1.70. The van der Waals surface area contributed by atoms with Crippen LogP contribution in [0.2, 0.25) is 0 Å². The molecule has 2 fully saturated rings. The van der Waals surface area contributed by atoms with Gasteiger partial charge in [-0.15, -0.1) is 0 Å². The fraction of sp³-hybridized carbons (Fsp3) is 0.667. The first-order chi connectivity index (χ1) is 10.7. The Hall–Kier alpha value is -1.10. The summed E-state index contributed by atoms with van der Waals surface area (Å²) in [5.74, 6) is 0.906. The zero-order chi connectivity index (χ0) is 15.4. The van der Waals surface area contributed by atoms with Crippen LogP contribution in [0, 0.1) is 5.41 Å². The van der Waals surface area contributed by atoms with Crippen molar-refractivity contribution in [3.63, 3.8) is 0 Å². The minimum atomic E-state index is 0.267. The maximum Gasteiger partial charge on any atom is 0.118 e. The van der Waals surface area contributed by atoms with E-state index in [1.54, 1.807) is 7.11 Å². The second kappa shape index (κ2) is 6.99. The largest absolute Gasteiger partial charge is 0.497 e. The molecule has 0 amide bonds. The molecule has 2 aliphatic rings. The van der Waals surface area contributed by atoms with Crippen LogP contribution in [0.3, 0.4) is 0 Å². The molecule has 3 rings (SSSR count). The third kappa shape index (κ3) is 3.62. The average Bonchev–Trinajstić information content (AvgIpc) is 2.93. The van der Waals surface area contributed by atoms with Gasteiger partial charge in [-0.25, -0.2) is 0 Å². The highest BCUT2D eigenvalue weighted by Crippen LogP contribution is 2.42. The second-order valence-corrected chi connectivity index (χ2v) is 6.75. The number of β-amino-alcohol motifs (C(OH)–C–C–N with tert-alkyl or cyclic N) is 1. The normalized spacial score (nSPS) is 24.7. The monoisotopic (exact) mass is 305 g/mol. The van der Waals surface area contributed by atoms with Gasteiger partial charge in [0, 0.05) is 6.54 Å². The number of hydrogen-bond donors (Lipinski definition) is 1. The quantitative estimate of drug-likeness (QED) is 0.904. The van der Waals surface area contributed by atoms with Crippen LogP contribution < -0.4 is 4.74 Å². The minimum absolute atomic E-state index is 0.267. The lowest BCUT2D eigenvalue weighted by Gasteiger charge is -2.38. The van der Waals surface area contributed by atoms with Crippen LogP contribution in [0.4, 0.5) is 0 Å². The van der Waals surface area contributed by atoms with Crippen LogP contribution in [0.15, 0.2) is 24.3 Å². The average molecular weight is 305 g/mol. The van der Waals surface area contributed by atoms with Crippen molar-refractivity contribution in [2.45, 2.75) is 31.8 Å². The van der Waals surface area contributed by atoms with E-state index >= 15 is 0 Å².